The highest BCUT2D eigenvalue weighted by molar-refractivity contribution is 6.30. The molecule has 0 N–H and O–H groups in total. The first-order valence-electron chi connectivity index (χ1n) is 10.6. The Morgan fingerprint density at radius 3 is 2.21 bits per heavy atom. The summed E-state index contributed by atoms with van der Waals surface area (Å²) >= 11 is 5.94. The number of benzene rings is 3. The minimum Gasteiger partial charge on any atom is -0.338 e. The smallest absolute Gasteiger partial charge is 0.338 e. The van der Waals surface area contributed by atoms with Crippen molar-refractivity contribution < 1.29 is 22.8 Å². The van der Waals surface area contributed by atoms with Gasteiger partial charge in [-0.15, -0.1) is 11.6 Å². The Morgan fingerprint density at radius 2 is 1.58 bits per heavy atom. The van der Waals surface area contributed by atoms with Gasteiger partial charge < -0.3 is 9.80 Å². The van der Waals surface area contributed by atoms with Crippen molar-refractivity contribution in [3.05, 3.63) is 77.9 Å². The first kappa shape index (κ1) is 23.1. The van der Waals surface area contributed by atoms with Crippen LogP contribution in [0, 0.1) is 0 Å². The fourth-order valence-corrected chi connectivity index (χ4v) is 4.46. The van der Waals surface area contributed by atoms with Gasteiger partial charge in [-0.05, 0) is 48.6 Å². The Balaban J connectivity index is 1.51. The molecule has 3 aromatic rings. The van der Waals surface area contributed by atoms with Crippen molar-refractivity contribution in [2.24, 2.45) is 0 Å². The largest absolute Gasteiger partial charge is 0.416 e. The zero-order valence-electron chi connectivity index (χ0n) is 17.7. The lowest BCUT2D eigenvalue weighted by Gasteiger charge is -2.39. The quantitative estimate of drug-likeness (QED) is 0.453. The number of nitrogens with zero attached hydrogens (tertiary/aromatic N) is 2. The average molecular weight is 475 g/mol. The summed E-state index contributed by atoms with van der Waals surface area (Å²) in [6.45, 7) is 0.780. The highest BCUT2D eigenvalue weighted by Gasteiger charge is 2.33. The number of likely N-dealkylation sites (tertiary alicyclic amines) is 1. The molecule has 0 aliphatic carbocycles. The number of carbonyl (C=O) groups is 2. The van der Waals surface area contributed by atoms with Crippen LogP contribution >= 0.6 is 11.6 Å². The SMILES string of the molecule is O=C(c1ccc(C(F)(F)F)cc1)N1CCC(N(C(=O)CCl)c2cccc3ccccc23)CC1. The van der Waals surface area contributed by atoms with Crippen LogP contribution in [-0.2, 0) is 11.0 Å². The van der Waals surface area contributed by atoms with E-state index < -0.39 is 11.7 Å². The topological polar surface area (TPSA) is 40.6 Å². The van der Waals surface area contributed by atoms with E-state index in [1.54, 1.807) is 9.80 Å². The van der Waals surface area contributed by atoms with Gasteiger partial charge in [-0.3, -0.25) is 9.59 Å². The molecular weight excluding hydrogens is 453 g/mol. The summed E-state index contributed by atoms with van der Waals surface area (Å²) in [5, 5.41) is 1.96. The second-order valence-electron chi connectivity index (χ2n) is 7.99. The lowest BCUT2D eigenvalue weighted by atomic mass is 9.99. The third-order valence-electron chi connectivity index (χ3n) is 5.99. The number of piperidine rings is 1. The number of hydrogen-bond acceptors (Lipinski definition) is 2. The molecular formula is C25H22ClF3N2O2. The van der Waals surface area contributed by atoms with Crippen LogP contribution in [0.4, 0.5) is 18.9 Å². The van der Waals surface area contributed by atoms with Crippen molar-refractivity contribution in [3.63, 3.8) is 0 Å². The Bertz CT molecular complexity index is 1150. The van der Waals surface area contributed by atoms with E-state index in [9.17, 15) is 22.8 Å². The number of carbonyl (C=O) groups excluding carboxylic acids is 2. The number of anilines is 1. The number of alkyl halides is 4. The Kier molecular flexibility index (Phi) is 6.61. The van der Waals surface area contributed by atoms with Crippen molar-refractivity contribution >= 4 is 39.9 Å². The van der Waals surface area contributed by atoms with Crippen LogP contribution in [0.1, 0.15) is 28.8 Å². The van der Waals surface area contributed by atoms with Gasteiger partial charge in [0, 0.05) is 30.1 Å². The molecule has 4 rings (SSSR count). The van der Waals surface area contributed by atoms with Crippen molar-refractivity contribution in [3.8, 4) is 0 Å². The summed E-state index contributed by atoms with van der Waals surface area (Å²) in [6, 6.07) is 17.7. The van der Waals surface area contributed by atoms with Gasteiger partial charge in [-0.1, -0.05) is 36.4 Å². The van der Waals surface area contributed by atoms with Crippen molar-refractivity contribution in [2.45, 2.75) is 25.1 Å². The zero-order valence-corrected chi connectivity index (χ0v) is 18.4. The summed E-state index contributed by atoms with van der Waals surface area (Å²) in [5.74, 6) is -0.684. The average Bonchev–Trinajstić information content (AvgIpc) is 2.84. The molecule has 1 fully saturated rings. The Morgan fingerprint density at radius 1 is 0.939 bits per heavy atom. The maximum Gasteiger partial charge on any atom is 0.416 e. The summed E-state index contributed by atoms with van der Waals surface area (Å²) < 4.78 is 38.4. The van der Waals surface area contributed by atoms with Gasteiger partial charge in [0.2, 0.25) is 5.91 Å². The molecule has 1 heterocycles. The molecule has 1 aliphatic heterocycles. The van der Waals surface area contributed by atoms with E-state index in [0.29, 0.717) is 25.9 Å². The molecule has 0 saturated carbocycles. The van der Waals surface area contributed by atoms with Crippen LogP contribution in [0.2, 0.25) is 0 Å². The predicted octanol–water partition coefficient (Wildman–Crippen LogP) is 5.74. The predicted molar refractivity (Wildman–Crippen MR) is 123 cm³/mol. The summed E-state index contributed by atoms with van der Waals surface area (Å²) in [4.78, 5) is 29.0. The standard InChI is InChI=1S/C25H22ClF3N2O2/c26-16-23(32)31(22-7-3-5-17-4-1-2-6-21(17)22)20-12-14-30(15-13-20)24(33)18-8-10-19(11-9-18)25(27,28)29/h1-11,20H,12-16H2. The van der Waals surface area contributed by atoms with Gasteiger partial charge in [-0.25, -0.2) is 0 Å². The fourth-order valence-electron chi connectivity index (χ4n) is 4.33. The van der Waals surface area contributed by atoms with Crippen LogP contribution in [0.15, 0.2) is 66.7 Å². The van der Waals surface area contributed by atoms with E-state index in [1.807, 2.05) is 42.5 Å². The minimum absolute atomic E-state index is 0.140. The highest BCUT2D eigenvalue weighted by atomic mass is 35.5. The maximum absolute atomic E-state index is 12.8. The van der Waals surface area contributed by atoms with Crippen molar-refractivity contribution in [1.29, 1.82) is 0 Å². The van der Waals surface area contributed by atoms with E-state index in [0.717, 1.165) is 28.6 Å². The molecule has 33 heavy (non-hydrogen) atoms. The van der Waals surface area contributed by atoms with E-state index in [2.05, 4.69) is 0 Å². The van der Waals surface area contributed by atoms with Crippen LogP contribution in [0.3, 0.4) is 0 Å². The van der Waals surface area contributed by atoms with Gasteiger partial charge in [0.1, 0.15) is 5.88 Å². The highest BCUT2D eigenvalue weighted by Crippen LogP contribution is 2.32. The summed E-state index contributed by atoms with van der Waals surface area (Å²) in [7, 11) is 0. The van der Waals surface area contributed by atoms with Gasteiger partial charge in [-0.2, -0.15) is 13.2 Å². The maximum atomic E-state index is 12.8. The molecule has 4 nitrogen and oxygen atoms in total. The first-order valence-corrected chi connectivity index (χ1v) is 11.2. The van der Waals surface area contributed by atoms with Crippen molar-refractivity contribution in [2.75, 3.05) is 23.9 Å². The number of hydrogen-bond donors (Lipinski definition) is 0. The van der Waals surface area contributed by atoms with Gasteiger partial charge in [0.05, 0.1) is 11.3 Å². The fraction of sp³-hybridized carbons (Fsp3) is 0.280. The van der Waals surface area contributed by atoms with Crippen LogP contribution in [0.5, 0.6) is 0 Å². The number of fused-ring (bicyclic) bond motifs is 1. The van der Waals surface area contributed by atoms with Gasteiger partial charge in [0.25, 0.3) is 5.91 Å². The minimum atomic E-state index is -4.44. The second kappa shape index (κ2) is 9.43. The molecule has 0 unspecified atom stereocenters. The monoisotopic (exact) mass is 474 g/mol. The molecule has 0 bridgehead atoms. The molecule has 1 aliphatic rings. The van der Waals surface area contributed by atoms with Crippen LogP contribution in [-0.4, -0.2) is 41.7 Å². The molecule has 0 atom stereocenters. The molecule has 0 radical (unpaired) electrons. The molecule has 172 valence electrons. The summed E-state index contributed by atoms with van der Waals surface area (Å²) in [6.07, 6.45) is -3.36. The van der Waals surface area contributed by atoms with Crippen LogP contribution in [0.25, 0.3) is 10.8 Å². The lowest BCUT2D eigenvalue weighted by molar-refractivity contribution is -0.137. The molecule has 0 spiro atoms. The van der Waals surface area contributed by atoms with E-state index in [1.165, 1.54) is 12.1 Å². The Labute approximate surface area is 194 Å². The molecule has 8 heteroatoms. The van der Waals surface area contributed by atoms with Gasteiger partial charge >= 0.3 is 6.18 Å². The van der Waals surface area contributed by atoms with E-state index in [-0.39, 0.29) is 29.3 Å². The normalized spacial score (nSPS) is 15.0. The number of halogens is 4. The van der Waals surface area contributed by atoms with Crippen molar-refractivity contribution in [1.82, 2.24) is 4.90 Å². The first-order chi connectivity index (χ1) is 15.8. The number of amides is 2. The third kappa shape index (κ3) is 4.83. The third-order valence-corrected chi connectivity index (χ3v) is 6.21. The Hall–Kier alpha value is -3.06. The molecule has 1 saturated heterocycles. The van der Waals surface area contributed by atoms with Crippen LogP contribution < -0.4 is 4.90 Å². The number of rotatable bonds is 4. The lowest BCUT2D eigenvalue weighted by Crippen LogP contribution is -2.49. The van der Waals surface area contributed by atoms with Gasteiger partial charge in [0.15, 0.2) is 0 Å². The van der Waals surface area contributed by atoms with E-state index >= 15 is 0 Å². The molecule has 2 amide bonds. The van der Waals surface area contributed by atoms with E-state index in [4.69, 9.17) is 11.6 Å². The molecule has 0 aromatic heterocycles. The second-order valence-corrected chi connectivity index (χ2v) is 8.26. The summed E-state index contributed by atoms with van der Waals surface area (Å²) in [5.41, 5.74) is 0.207. The molecule has 3 aromatic carbocycles. The zero-order chi connectivity index (χ0) is 23.6.